The van der Waals surface area contributed by atoms with E-state index in [9.17, 15) is 18.0 Å². The summed E-state index contributed by atoms with van der Waals surface area (Å²) in [5, 5.41) is 2.90. The number of hydrogen-bond donors (Lipinski definition) is 1. The second-order valence-electron chi connectivity index (χ2n) is 5.83. The highest BCUT2D eigenvalue weighted by molar-refractivity contribution is 8.13. The van der Waals surface area contributed by atoms with Crippen molar-refractivity contribution in [1.82, 2.24) is 4.98 Å². The van der Waals surface area contributed by atoms with Gasteiger partial charge in [0.25, 0.3) is 5.91 Å². The number of thioether (sulfide) groups is 1. The van der Waals surface area contributed by atoms with E-state index in [1.54, 1.807) is 12.4 Å². The molecule has 3 rings (SSSR count). The van der Waals surface area contributed by atoms with Crippen LogP contribution in [0.15, 0.2) is 71.0 Å². The highest BCUT2D eigenvalue weighted by Crippen LogP contribution is 2.33. The number of aryl methyl sites for hydroxylation is 1. The fraction of sp³-hybridized carbons (Fsp3) is 0.150. The molecule has 0 aliphatic carbocycles. The van der Waals surface area contributed by atoms with E-state index in [4.69, 9.17) is 0 Å². The van der Waals surface area contributed by atoms with Crippen molar-refractivity contribution in [2.24, 2.45) is 4.99 Å². The third kappa shape index (κ3) is 4.81. The third-order valence-electron chi connectivity index (χ3n) is 3.81. The predicted molar refractivity (Wildman–Crippen MR) is 103 cm³/mol. The summed E-state index contributed by atoms with van der Waals surface area (Å²) in [6.45, 7) is 1.37. The fourth-order valence-corrected chi connectivity index (χ4v) is 3.32. The minimum atomic E-state index is -4.50. The molecule has 4 nitrogen and oxygen atoms in total. The predicted octanol–water partition coefficient (Wildman–Crippen LogP) is 4.89. The molecule has 142 valence electrons. The van der Waals surface area contributed by atoms with Crippen molar-refractivity contribution in [2.45, 2.75) is 18.9 Å². The molecule has 0 spiro atoms. The number of pyridine rings is 1. The fourth-order valence-electron chi connectivity index (χ4n) is 2.41. The molecule has 2 aromatic rings. The molecule has 28 heavy (non-hydrogen) atoms. The second kappa shape index (κ2) is 8.31. The highest BCUT2D eigenvalue weighted by Gasteiger charge is 2.32. The molecular weight excluding hydrogens is 387 g/mol. The molecule has 0 radical (unpaired) electrons. The van der Waals surface area contributed by atoms with E-state index in [0.717, 1.165) is 11.6 Å². The molecule has 0 fully saturated rings. The average molecular weight is 401 g/mol. The molecule has 0 bridgehead atoms. The van der Waals surface area contributed by atoms with Crippen molar-refractivity contribution in [3.05, 3.63) is 82.7 Å². The van der Waals surface area contributed by atoms with Gasteiger partial charge in [-0.3, -0.25) is 9.78 Å². The van der Waals surface area contributed by atoms with Crippen molar-refractivity contribution in [1.29, 1.82) is 0 Å². The lowest BCUT2D eigenvalue weighted by Crippen LogP contribution is -2.20. The molecule has 1 aromatic heterocycles. The maximum Gasteiger partial charge on any atom is 0.416 e. The molecular formula is C20H14F3N3OS. The minimum absolute atomic E-state index is 0.0465. The number of halogens is 3. The number of benzene rings is 1. The molecule has 0 unspecified atom stereocenters. The first kappa shape index (κ1) is 19.7. The van der Waals surface area contributed by atoms with Crippen molar-refractivity contribution in [2.75, 3.05) is 5.32 Å². The van der Waals surface area contributed by atoms with E-state index in [1.165, 1.54) is 37.0 Å². The first-order chi connectivity index (χ1) is 13.3. The van der Waals surface area contributed by atoms with E-state index in [1.807, 2.05) is 12.1 Å². The molecule has 1 aromatic carbocycles. The Bertz CT molecular complexity index is 1030. The van der Waals surface area contributed by atoms with Gasteiger partial charge in [-0.25, -0.2) is 4.99 Å². The standard InChI is InChI=1S/C20H14F3N3OS/c1-13-4-5-15(11-17(13)20(21,22)23)26-18(27)16-3-2-8-25-19(16)28-12-14-6-9-24-10-7-14/h4-11H,12H2,1H3,(H,26,27). The largest absolute Gasteiger partial charge is 0.416 e. The zero-order chi connectivity index (χ0) is 20.1. The molecule has 0 atom stereocenters. The Labute approximate surface area is 163 Å². The number of nitrogens with zero attached hydrogens (tertiary/aromatic N) is 2. The summed E-state index contributed by atoms with van der Waals surface area (Å²) in [4.78, 5) is 20.7. The summed E-state index contributed by atoms with van der Waals surface area (Å²) >= 11 is 1.32. The molecule has 8 heteroatoms. The lowest BCUT2D eigenvalue weighted by atomic mass is 10.1. The first-order valence-corrected chi connectivity index (χ1v) is 9.12. The number of rotatable bonds is 4. The Morgan fingerprint density at radius 3 is 2.68 bits per heavy atom. The highest BCUT2D eigenvalue weighted by atomic mass is 32.2. The van der Waals surface area contributed by atoms with Gasteiger partial charge < -0.3 is 5.32 Å². The molecule has 0 saturated heterocycles. The summed E-state index contributed by atoms with van der Waals surface area (Å²) in [6.07, 6.45) is 0.221. The molecule has 1 aliphatic rings. The number of hydrogen-bond acceptors (Lipinski definition) is 4. The number of aliphatic imine (C=N–C) groups is 1. The van der Waals surface area contributed by atoms with Crippen LogP contribution in [0.25, 0.3) is 0 Å². The van der Waals surface area contributed by atoms with Gasteiger partial charge in [0, 0.05) is 23.8 Å². The van der Waals surface area contributed by atoms with Crippen LogP contribution in [-0.2, 0) is 16.7 Å². The number of anilines is 1. The van der Waals surface area contributed by atoms with Gasteiger partial charge in [-0.2, -0.15) is 13.2 Å². The molecule has 1 amide bonds. The SMILES string of the molecule is Cc1ccc(NC(=O)C2=C=C=CN=C2SCc2ccncc2)cc1C(F)(F)F. The smallest absolute Gasteiger partial charge is 0.321 e. The number of aromatic nitrogens is 1. The van der Waals surface area contributed by atoms with Gasteiger partial charge in [0.1, 0.15) is 10.6 Å². The van der Waals surface area contributed by atoms with Crippen LogP contribution in [0.1, 0.15) is 16.7 Å². The zero-order valence-corrected chi connectivity index (χ0v) is 15.5. The summed E-state index contributed by atoms with van der Waals surface area (Å²) in [5.41, 5.74) is 5.76. The molecule has 2 heterocycles. The Morgan fingerprint density at radius 1 is 1.21 bits per heavy atom. The molecule has 0 saturated carbocycles. The number of amides is 1. The summed E-state index contributed by atoms with van der Waals surface area (Å²) in [7, 11) is 0. The minimum Gasteiger partial charge on any atom is -0.321 e. The summed E-state index contributed by atoms with van der Waals surface area (Å²) < 4.78 is 39.2. The van der Waals surface area contributed by atoms with E-state index in [2.05, 4.69) is 26.8 Å². The van der Waals surface area contributed by atoms with Crippen LogP contribution in [-0.4, -0.2) is 15.9 Å². The zero-order valence-electron chi connectivity index (χ0n) is 14.7. The van der Waals surface area contributed by atoms with Crippen molar-refractivity contribution in [3.8, 4) is 0 Å². The van der Waals surface area contributed by atoms with Crippen molar-refractivity contribution < 1.29 is 18.0 Å². The summed E-state index contributed by atoms with van der Waals surface area (Å²) in [6, 6.07) is 7.34. The third-order valence-corrected chi connectivity index (χ3v) is 4.87. The van der Waals surface area contributed by atoms with Gasteiger partial charge in [0.15, 0.2) is 0 Å². The van der Waals surface area contributed by atoms with E-state index in [-0.39, 0.29) is 16.8 Å². The average Bonchev–Trinajstić information content (AvgIpc) is 2.68. The van der Waals surface area contributed by atoms with Crippen LogP contribution in [0, 0.1) is 6.92 Å². The van der Waals surface area contributed by atoms with Crippen LogP contribution >= 0.6 is 11.8 Å². The second-order valence-corrected chi connectivity index (χ2v) is 6.80. The topological polar surface area (TPSA) is 54.4 Å². The van der Waals surface area contributed by atoms with Crippen LogP contribution in [0.5, 0.6) is 0 Å². The number of carbonyl (C=O) groups excluding carboxylic acids is 1. The quantitative estimate of drug-likeness (QED) is 0.743. The van der Waals surface area contributed by atoms with Crippen LogP contribution in [0.2, 0.25) is 0 Å². The van der Waals surface area contributed by atoms with Crippen LogP contribution in [0.3, 0.4) is 0 Å². The Morgan fingerprint density at radius 2 is 1.96 bits per heavy atom. The van der Waals surface area contributed by atoms with Gasteiger partial charge in [-0.1, -0.05) is 11.8 Å². The van der Waals surface area contributed by atoms with Gasteiger partial charge in [-0.15, -0.1) is 11.8 Å². The van der Waals surface area contributed by atoms with E-state index >= 15 is 0 Å². The van der Waals surface area contributed by atoms with Gasteiger partial charge in [0.05, 0.1) is 11.8 Å². The first-order valence-electron chi connectivity index (χ1n) is 8.14. The maximum atomic E-state index is 13.1. The van der Waals surface area contributed by atoms with Crippen molar-refractivity contribution in [3.63, 3.8) is 0 Å². The van der Waals surface area contributed by atoms with Crippen LogP contribution in [0.4, 0.5) is 18.9 Å². The number of carbonyl (C=O) groups is 1. The Balaban J connectivity index is 1.75. The lowest BCUT2D eigenvalue weighted by Gasteiger charge is -2.14. The number of alkyl halides is 3. The van der Waals surface area contributed by atoms with Gasteiger partial charge >= 0.3 is 6.18 Å². The maximum absolute atomic E-state index is 13.1. The Kier molecular flexibility index (Phi) is 5.85. The van der Waals surface area contributed by atoms with Gasteiger partial charge in [0.2, 0.25) is 0 Å². The Hall–Kier alpha value is -3.05. The lowest BCUT2D eigenvalue weighted by molar-refractivity contribution is -0.138. The number of nitrogens with one attached hydrogen (secondary N) is 1. The molecule has 1 aliphatic heterocycles. The molecule has 1 N–H and O–H groups in total. The van der Waals surface area contributed by atoms with E-state index < -0.39 is 17.6 Å². The van der Waals surface area contributed by atoms with E-state index in [0.29, 0.717) is 10.8 Å². The van der Waals surface area contributed by atoms with Gasteiger partial charge in [-0.05, 0) is 48.0 Å². The monoisotopic (exact) mass is 401 g/mol. The van der Waals surface area contributed by atoms with Crippen molar-refractivity contribution >= 4 is 28.4 Å². The summed E-state index contributed by atoms with van der Waals surface area (Å²) in [5.74, 6) is -0.0466. The normalized spacial score (nSPS) is 13.1. The van der Waals surface area contributed by atoms with Crippen LogP contribution < -0.4 is 5.32 Å².